The van der Waals surface area contributed by atoms with Crippen molar-refractivity contribution >= 4 is 11.6 Å². The number of amides is 1. The van der Waals surface area contributed by atoms with Gasteiger partial charge in [0.25, 0.3) is 0 Å². The third-order valence-electron chi connectivity index (χ3n) is 3.80. The lowest BCUT2D eigenvalue weighted by molar-refractivity contribution is -0.137. The van der Waals surface area contributed by atoms with Gasteiger partial charge in [0.15, 0.2) is 0 Å². The Kier molecular flexibility index (Phi) is 4.88. The van der Waals surface area contributed by atoms with Crippen LogP contribution in [0.1, 0.15) is 31.7 Å². The summed E-state index contributed by atoms with van der Waals surface area (Å²) in [7, 11) is 0. The van der Waals surface area contributed by atoms with Crippen LogP contribution in [0.5, 0.6) is 0 Å². The first-order chi connectivity index (χ1) is 9.88. The van der Waals surface area contributed by atoms with Crippen molar-refractivity contribution in [1.29, 1.82) is 0 Å². The van der Waals surface area contributed by atoms with Crippen LogP contribution in [0.4, 0.5) is 18.9 Å². The number of anilines is 1. The van der Waals surface area contributed by atoms with Crippen molar-refractivity contribution in [3.63, 3.8) is 0 Å². The third kappa shape index (κ3) is 4.20. The van der Waals surface area contributed by atoms with Crippen molar-refractivity contribution in [2.75, 3.05) is 18.4 Å². The van der Waals surface area contributed by atoms with Crippen LogP contribution in [0, 0.1) is 0 Å². The van der Waals surface area contributed by atoms with E-state index in [0.717, 1.165) is 38.1 Å². The Balaban J connectivity index is 1.95. The highest BCUT2D eigenvalue weighted by molar-refractivity contribution is 5.94. The zero-order valence-electron chi connectivity index (χ0n) is 11.9. The number of hydrogen-bond donors (Lipinski definition) is 1. The average Bonchev–Trinajstić information content (AvgIpc) is 2.47. The number of carbonyl (C=O) groups excluding carboxylic acids is 1. The number of carbonyl (C=O) groups is 1. The minimum atomic E-state index is -4.36. The lowest BCUT2D eigenvalue weighted by Crippen LogP contribution is -2.44. The average molecular weight is 300 g/mol. The number of likely N-dealkylation sites (tertiary alicyclic amines) is 1. The SMILES string of the molecule is C[C@H](C(=O)Nc1ccc(C(F)(F)F)cc1)N1CCCCC1. The molecule has 1 aromatic carbocycles. The molecule has 1 heterocycles. The quantitative estimate of drug-likeness (QED) is 0.926. The largest absolute Gasteiger partial charge is 0.416 e. The fourth-order valence-electron chi connectivity index (χ4n) is 2.46. The molecule has 1 saturated heterocycles. The van der Waals surface area contributed by atoms with E-state index in [9.17, 15) is 18.0 Å². The third-order valence-corrected chi connectivity index (χ3v) is 3.80. The van der Waals surface area contributed by atoms with Crippen LogP contribution in [0.25, 0.3) is 0 Å². The van der Waals surface area contributed by atoms with E-state index >= 15 is 0 Å². The number of piperidine rings is 1. The molecule has 1 amide bonds. The van der Waals surface area contributed by atoms with Crippen LogP contribution < -0.4 is 5.32 Å². The van der Waals surface area contributed by atoms with Gasteiger partial charge in [0.2, 0.25) is 5.91 Å². The van der Waals surface area contributed by atoms with Crippen LogP contribution in [-0.4, -0.2) is 29.9 Å². The van der Waals surface area contributed by atoms with Crippen LogP contribution >= 0.6 is 0 Å². The lowest BCUT2D eigenvalue weighted by atomic mass is 10.1. The van der Waals surface area contributed by atoms with Gasteiger partial charge in [-0.3, -0.25) is 9.69 Å². The molecule has 1 aliphatic heterocycles. The second-order valence-electron chi connectivity index (χ2n) is 5.34. The van der Waals surface area contributed by atoms with Gasteiger partial charge in [0.05, 0.1) is 11.6 Å². The van der Waals surface area contributed by atoms with Crippen molar-refractivity contribution < 1.29 is 18.0 Å². The summed E-state index contributed by atoms with van der Waals surface area (Å²) >= 11 is 0. The smallest absolute Gasteiger partial charge is 0.325 e. The predicted molar refractivity (Wildman–Crippen MR) is 75.0 cm³/mol. The molecule has 0 spiro atoms. The zero-order chi connectivity index (χ0) is 15.5. The molecule has 3 nitrogen and oxygen atoms in total. The molecule has 0 bridgehead atoms. The first kappa shape index (κ1) is 15.8. The molecule has 1 atom stereocenters. The van der Waals surface area contributed by atoms with Crippen LogP contribution in [0.15, 0.2) is 24.3 Å². The van der Waals surface area contributed by atoms with Gasteiger partial charge in [0, 0.05) is 5.69 Å². The topological polar surface area (TPSA) is 32.3 Å². The lowest BCUT2D eigenvalue weighted by Gasteiger charge is -2.31. The molecule has 1 N–H and O–H groups in total. The Bertz CT molecular complexity index is 479. The molecular weight excluding hydrogens is 281 g/mol. The molecular formula is C15H19F3N2O. The van der Waals surface area contributed by atoms with E-state index in [1.54, 1.807) is 0 Å². The van der Waals surface area contributed by atoms with E-state index < -0.39 is 11.7 Å². The van der Waals surface area contributed by atoms with E-state index in [-0.39, 0.29) is 11.9 Å². The molecule has 21 heavy (non-hydrogen) atoms. The van der Waals surface area contributed by atoms with Gasteiger partial charge in [-0.2, -0.15) is 13.2 Å². The Morgan fingerprint density at radius 3 is 2.24 bits per heavy atom. The second kappa shape index (κ2) is 6.47. The van der Waals surface area contributed by atoms with Crippen LogP contribution in [0.2, 0.25) is 0 Å². The van der Waals surface area contributed by atoms with Crippen molar-refractivity contribution in [2.45, 2.75) is 38.4 Å². The number of rotatable bonds is 3. The Labute approximate surface area is 122 Å². The second-order valence-corrected chi connectivity index (χ2v) is 5.34. The number of hydrogen-bond acceptors (Lipinski definition) is 2. The van der Waals surface area contributed by atoms with E-state index in [0.29, 0.717) is 5.69 Å². The Hall–Kier alpha value is -1.56. The summed E-state index contributed by atoms with van der Waals surface area (Å²) in [4.78, 5) is 14.2. The minimum Gasteiger partial charge on any atom is -0.325 e. The highest BCUT2D eigenvalue weighted by Crippen LogP contribution is 2.29. The van der Waals surface area contributed by atoms with E-state index in [1.165, 1.54) is 18.6 Å². The summed E-state index contributed by atoms with van der Waals surface area (Å²) in [5.41, 5.74) is -0.332. The molecule has 116 valence electrons. The highest BCUT2D eigenvalue weighted by atomic mass is 19.4. The molecule has 0 saturated carbocycles. The molecule has 1 aliphatic rings. The monoisotopic (exact) mass is 300 g/mol. The normalized spacial score (nSPS) is 18.3. The molecule has 1 aromatic rings. The highest BCUT2D eigenvalue weighted by Gasteiger charge is 2.30. The number of nitrogens with zero attached hydrogens (tertiary/aromatic N) is 1. The van der Waals surface area contributed by atoms with Crippen LogP contribution in [-0.2, 0) is 11.0 Å². The van der Waals surface area contributed by atoms with E-state index in [4.69, 9.17) is 0 Å². The maximum Gasteiger partial charge on any atom is 0.416 e. The maximum atomic E-state index is 12.5. The minimum absolute atomic E-state index is 0.184. The number of alkyl halides is 3. The molecule has 1 fully saturated rings. The number of nitrogens with one attached hydrogen (secondary N) is 1. The summed E-state index contributed by atoms with van der Waals surface area (Å²) in [5, 5.41) is 2.67. The van der Waals surface area contributed by atoms with Crippen molar-refractivity contribution in [1.82, 2.24) is 4.90 Å². The molecule has 6 heteroatoms. The summed E-state index contributed by atoms with van der Waals surface area (Å²) in [6.45, 7) is 3.61. The van der Waals surface area contributed by atoms with Gasteiger partial charge in [-0.05, 0) is 57.1 Å². The predicted octanol–water partition coefficient (Wildman–Crippen LogP) is 3.52. The number of benzene rings is 1. The molecule has 0 aliphatic carbocycles. The van der Waals surface area contributed by atoms with Gasteiger partial charge >= 0.3 is 6.18 Å². The molecule has 0 aromatic heterocycles. The first-order valence-corrected chi connectivity index (χ1v) is 7.10. The fourth-order valence-corrected chi connectivity index (χ4v) is 2.46. The summed E-state index contributed by atoms with van der Waals surface area (Å²) < 4.78 is 37.4. The van der Waals surface area contributed by atoms with Crippen molar-refractivity contribution in [2.24, 2.45) is 0 Å². The van der Waals surface area contributed by atoms with Crippen molar-refractivity contribution in [3.05, 3.63) is 29.8 Å². The van der Waals surface area contributed by atoms with Gasteiger partial charge in [-0.15, -0.1) is 0 Å². The number of halogens is 3. The van der Waals surface area contributed by atoms with Crippen molar-refractivity contribution in [3.8, 4) is 0 Å². The van der Waals surface area contributed by atoms with Gasteiger partial charge in [-0.25, -0.2) is 0 Å². The van der Waals surface area contributed by atoms with Crippen LogP contribution in [0.3, 0.4) is 0 Å². The fraction of sp³-hybridized carbons (Fsp3) is 0.533. The zero-order valence-corrected chi connectivity index (χ0v) is 11.9. The molecule has 2 rings (SSSR count). The van der Waals surface area contributed by atoms with Gasteiger partial charge in [0.1, 0.15) is 0 Å². The summed E-state index contributed by atoms with van der Waals surface area (Å²) in [6.07, 6.45) is -1.01. The Morgan fingerprint density at radius 1 is 1.14 bits per heavy atom. The van der Waals surface area contributed by atoms with E-state index in [1.807, 2.05) is 6.92 Å². The summed E-state index contributed by atoms with van der Waals surface area (Å²) in [5.74, 6) is -0.184. The van der Waals surface area contributed by atoms with E-state index in [2.05, 4.69) is 10.2 Å². The van der Waals surface area contributed by atoms with Gasteiger partial charge in [-0.1, -0.05) is 6.42 Å². The standard InChI is InChI=1S/C15H19F3N2O/c1-11(20-9-3-2-4-10-20)14(21)19-13-7-5-12(6-8-13)15(16,17)18/h5-8,11H,2-4,9-10H2,1H3,(H,19,21)/t11-/m1/s1. The Morgan fingerprint density at radius 2 is 1.71 bits per heavy atom. The molecule has 0 unspecified atom stereocenters. The summed E-state index contributed by atoms with van der Waals surface area (Å²) in [6, 6.07) is 4.24. The van der Waals surface area contributed by atoms with Gasteiger partial charge < -0.3 is 5.32 Å². The molecule has 0 radical (unpaired) electrons. The first-order valence-electron chi connectivity index (χ1n) is 7.10. The maximum absolute atomic E-state index is 12.5.